The molecule has 0 heterocycles. The Morgan fingerprint density at radius 3 is 2.67 bits per heavy atom. The molecule has 0 aromatic heterocycles. The fourth-order valence-corrected chi connectivity index (χ4v) is 1.39. The van der Waals surface area contributed by atoms with Crippen LogP contribution in [0.3, 0.4) is 0 Å². The number of benzene rings is 1. The lowest BCUT2D eigenvalue weighted by atomic mass is 10.00. The molecule has 2 atom stereocenters. The maximum Gasteiger partial charge on any atom is 0.124 e. The molecule has 0 radical (unpaired) electrons. The van der Waals surface area contributed by atoms with E-state index in [2.05, 4.69) is 12.6 Å². The molecular weight excluding hydrogens is 217 g/mol. The van der Waals surface area contributed by atoms with Gasteiger partial charge in [0.2, 0.25) is 0 Å². The molecule has 0 aliphatic rings. The SMILES string of the molecule is N#Cc1cc(F)ccc1C(O)C(O)CS. The molecule has 3 nitrogen and oxygen atoms in total. The average Bonchev–Trinajstić information content (AvgIpc) is 2.26. The fraction of sp³-hybridized carbons (Fsp3) is 0.300. The van der Waals surface area contributed by atoms with E-state index in [9.17, 15) is 14.6 Å². The summed E-state index contributed by atoms with van der Waals surface area (Å²) in [5, 5.41) is 27.7. The second-order valence-corrected chi connectivity index (χ2v) is 3.40. The number of halogens is 1. The van der Waals surface area contributed by atoms with Gasteiger partial charge >= 0.3 is 0 Å². The molecule has 80 valence electrons. The van der Waals surface area contributed by atoms with Crippen molar-refractivity contribution in [2.45, 2.75) is 12.2 Å². The number of hydrogen-bond acceptors (Lipinski definition) is 4. The lowest BCUT2D eigenvalue weighted by Crippen LogP contribution is -2.20. The van der Waals surface area contributed by atoms with Crippen molar-refractivity contribution in [3.05, 3.63) is 35.1 Å². The lowest BCUT2D eigenvalue weighted by molar-refractivity contribution is 0.0335. The smallest absolute Gasteiger partial charge is 0.124 e. The predicted molar refractivity (Wildman–Crippen MR) is 55.9 cm³/mol. The van der Waals surface area contributed by atoms with E-state index in [4.69, 9.17) is 5.26 Å². The molecule has 0 aliphatic carbocycles. The maximum absolute atomic E-state index is 12.8. The summed E-state index contributed by atoms with van der Waals surface area (Å²) in [5.41, 5.74) is 0.226. The quantitative estimate of drug-likeness (QED) is 0.675. The van der Waals surface area contributed by atoms with Crippen LogP contribution in [0, 0.1) is 17.1 Å². The van der Waals surface area contributed by atoms with Crippen LogP contribution in [0.1, 0.15) is 17.2 Å². The van der Waals surface area contributed by atoms with Gasteiger partial charge in [0.25, 0.3) is 0 Å². The van der Waals surface area contributed by atoms with Crippen molar-refractivity contribution in [2.75, 3.05) is 5.75 Å². The Morgan fingerprint density at radius 1 is 1.47 bits per heavy atom. The van der Waals surface area contributed by atoms with E-state index in [0.29, 0.717) is 0 Å². The summed E-state index contributed by atoms with van der Waals surface area (Å²) in [6.07, 6.45) is -2.30. The fourth-order valence-electron chi connectivity index (χ4n) is 1.19. The molecule has 2 unspecified atom stereocenters. The number of thiol groups is 1. The molecule has 0 saturated carbocycles. The van der Waals surface area contributed by atoms with Gasteiger partial charge in [-0.25, -0.2) is 4.39 Å². The molecular formula is C10H10FNO2S. The molecule has 0 fully saturated rings. The zero-order valence-corrected chi connectivity index (χ0v) is 8.66. The largest absolute Gasteiger partial charge is 0.389 e. The van der Waals surface area contributed by atoms with Gasteiger partial charge in [-0.3, -0.25) is 0 Å². The summed E-state index contributed by atoms with van der Waals surface area (Å²) in [6, 6.07) is 5.19. The van der Waals surface area contributed by atoms with Crippen LogP contribution in [0.25, 0.3) is 0 Å². The predicted octanol–water partition coefficient (Wildman–Crippen LogP) is 1.02. The van der Waals surface area contributed by atoms with Gasteiger partial charge in [0.15, 0.2) is 0 Å². The Kier molecular flexibility index (Phi) is 4.09. The van der Waals surface area contributed by atoms with Crippen molar-refractivity contribution >= 4 is 12.6 Å². The summed E-state index contributed by atoms with van der Waals surface area (Å²) in [6.45, 7) is 0. The number of rotatable bonds is 3. The average molecular weight is 227 g/mol. The topological polar surface area (TPSA) is 64.2 Å². The molecule has 0 saturated heterocycles. The third-order valence-electron chi connectivity index (χ3n) is 2.01. The van der Waals surface area contributed by atoms with Crippen LogP contribution in [0.5, 0.6) is 0 Å². The third kappa shape index (κ3) is 2.69. The van der Waals surface area contributed by atoms with Crippen LogP contribution in [0.2, 0.25) is 0 Å². The Hall–Kier alpha value is -1.09. The van der Waals surface area contributed by atoms with E-state index in [0.717, 1.165) is 12.1 Å². The van der Waals surface area contributed by atoms with Gasteiger partial charge in [0.05, 0.1) is 17.7 Å². The van der Waals surface area contributed by atoms with Crippen LogP contribution in [-0.2, 0) is 0 Å². The summed E-state index contributed by atoms with van der Waals surface area (Å²) < 4.78 is 12.8. The number of nitrogens with zero attached hydrogens (tertiary/aromatic N) is 1. The Bertz CT molecular complexity index is 391. The molecule has 1 aromatic rings. The molecule has 0 aliphatic heterocycles. The van der Waals surface area contributed by atoms with E-state index >= 15 is 0 Å². The highest BCUT2D eigenvalue weighted by Gasteiger charge is 2.20. The molecule has 0 bridgehead atoms. The van der Waals surface area contributed by atoms with Crippen LogP contribution < -0.4 is 0 Å². The zero-order chi connectivity index (χ0) is 11.4. The molecule has 0 spiro atoms. The first-order chi connectivity index (χ1) is 7.10. The lowest BCUT2D eigenvalue weighted by Gasteiger charge is -2.17. The highest BCUT2D eigenvalue weighted by Crippen LogP contribution is 2.22. The first-order valence-electron chi connectivity index (χ1n) is 4.26. The van der Waals surface area contributed by atoms with E-state index in [1.165, 1.54) is 6.07 Å². The van der Waals surface area contributed by atoms with Crippen molar-refractivity contribution in [3.8, 4) is 6.07 Å². The van der Waals surface area contributed by atoms with Gasteiger partial charge in [-0.2, -0.15) is 17.9 Å². The second kappa shape index (κ2) is 5.12. The van der Waals surface area contributed by atoms with Gasteiger partial charge in [0.1, 0.15) is 11.9 Å². The van der Waals surface area contributed by atoms with Gasteiger partial charge in [-0.1, -0.05) is 6.07 Å². The van der Waals surface area contributed by atoms with Gasteiger partial charge in [-0.15, -0.1) is 0 Å². The van der Waals surface area contributed by atoms with Crippen molar-refractivity contribution in [1.82, 2.24) is 0 Å². The van der Waals surface area contributed by atoms with E-state index in [1.807, 2.05) is 0 Å². The van der Waals surface area contributed by atoms with Gasteiger partial charge in [-0.05, 0) is 12.1 Å². The van der Waals surface area contributed by atoms with Crippen LogP contribution >= 0.6 is 12.6 Å². The summed E-state index contributed by atoms with van der Waals surface area (Å²) >= 11 is 3.82. The minimum absolute atomic E-state index is 0.0170. The zero-order valence-electron chi connectivity index (χ0n) is 7.76. The molecule has 15 heavy (non-hydrogen) atoms. The van der Waals surface area contributed by atoms with Crippen molar-refractivity contribution in [1.29, 1.82) is 5.26 Å². The van der Waals surface area contributed by atoms with Crippen molar-refractivity contribution in [3.63, 3.8) is 0 Å². The van der Waals surface area contributed by atoms with E-state index < -0.39 is 18.0 Å². The number of aliphatic hydroxyl groups is 2. The van der Waals surface area contributed by atoms with E-state index in [1.54, 1.807) is 6.07 Å². The third-order valence-corrected chi connectivity index (χ3v) is 2.38. The monoisotopic (exact) mass is 227 g/mol. The number of nitriles is 1. The standard InChI is InChI=1S/C10H10FNO2S/c11-7-1-2-8(6(3-7)4-12)10(14)9(13)5-15/h1-3,9-10,13-15H,5H2. The van der Waals surface area contributed by atoms with E-state index in [-0.39, 0.29) is 16.9 Å². The normalized spacial score (nSPS) is 14.3. The summed E-state index contributed by atoms with van der Waals surface area (Å²) in [4.78, 5) is 0. The first kappa shape index (κ1) is 12.0. The number of hydrogen-bond donors (Lipinski definition) is 3. The highest BCUT2D eigenvalue weighted by molar-refractivity contribution is 7.80. The van der Waals surface area contributed by atoms with Crippen molar-refractivity contribution in [2.24, 2.45) is 0 Å². The summed E-state index contributed by atoms with van der Waals surface area (Å²) in [5.74, 6) is -0.494. The number of aliphatic hydroxyl groups excluding tert-OH is 2. The second-order valence-electron chi connectivity index (χ2n) is 3.04. The molecule has 5 heteroatoms. The minimum Gasteiger partial charge on any atom is -0.389 e. The van der Waals surface area contributed by atoms with Crippen LogP contribution in [0.4, 0.5) is 4.39 Å². The van der Waals surface area contributed by atoms with Crippen LogP contribution in [0.15, 0.2) is 18.2 Å². The highest BCUT2D eigenvalue weighted by atomic mass is 32.1. The minimum atomic E-state index is -1.22. The molecule has 1 rings (SSSR count). The maximum atomic E-state index is 12.8. The molecule has 0 amide bonds. The molecule has 2 N–H and O–H groups in total. The Labute approximate surface area is 92.2 Å². The van der Waals surface area contributed by atoms with Crippen LogP contribution in [-0.4, -0.2) is 22.1 Å². The van der Waals surface area contributed by atoms with Gasteiger partial charge < -0.3 is 10.2 Å². The van der Waals surface area contributed by atoms with Crippen molar-refractivity contribution < 1.29 is 14.6 Å². The Balaban J connectivity index is 3.09. The van der Waals surface area contributed by atoms with Gasteiger partial charge in [0, 0.05) is 11.3 Å². The first-order valence-corrected chi connectivity index (χ1v) is 4.90. The Morgan fingerprint density at radius 2 is 2.13 bits per heavy atom. The summed E-state index contributed by atoms with van der Waals surface area (Å²) in [7, 11) is 0. The molecule has 1 aromatic carbocycles.